The monoisotopic (exact) mass is 525 g/mol. The van der Waals surface area contributed by atoms with Crippen molar-refractivity contribution in [1.29, 1.82) is 0 Å². The van der Waals surface area contributed by atoms with Crippen LogP contribution in [0.15, 0.2) is 97.3 Å². The Morgan fingerprint density at radius 3 is 2.42 bits per heavy atom. The molecule has 40 heavy (non-hydrogen) atoms. The molecule has 2 aromatic carbocycles. The Bertz CT molecular complexity index is 1730. The van der Waals surface area contributed by atoms with E-state index in [2.05, 4.69) is 104 Å². The van der Waals surface area contributed by atoms with E-state index in [-0.39, 0.29) is 0 Å². The molecule has 0 unspecified atom stereocenters. The summed E-state index contributed by atoms with van der Waals surface area (Å²) in [5.41, 5.74) is 8.75. The zero-order valence-electron chi connectivity index (χ0n) is 22.5. The van der Waals surface area contributed by atoms with Crippen LogP contribution in [0, 0.1) is 6.92 Å². The summed E-state index contributed by atoms with van der Waals surface area (Å²) in [4.78, 5) is 16.7. The van der Waals surface area contributed by atoms with Gasteiger partial charge in [0.05, 0.1) is 11.4 Å². The molecular weight excluding hydrogens is 494 g/mol. The topological polar surface area (TPSA) is 75.0 Å². The molecule has 0 radical (unpaired) electrons. The molecule has 7 rings (SSSR count). The molecule has 1 fully saturated rings. The number of piperidine rings is 1. The average Bonchev–Trinajstić information content (AvgIpc) is 3.64. The van der Waals surface area contributed by atoms with Crippen LogP contribution in [0.4, 0.5) is 0 Å². The number of aromatic amines is 1. The minimum absolute atomic E-state index is 0.402. The number of nitrogens with zero attached hydrogens (tertiary/aromatic N) is 6. The molecule has 1 N–H and O–H groups in total. The lowest BCUT2D eigenvalue weighted by Gasteiger charge is -2.30. The number of rotatable bonds is 6. The van der Waals surface area contributed by atoms with E-state index in [1.807, 2.05) is 18.2 Å². The van der Waals surface area contributed by atoms with Gasteiger partial charge >= 0.3 is 0 Å². The number of nitrogens with one attached hydrogen (secondary N) is 1. The number of imidazole rings is 1. The second-order valence-electron chi connectivity index (χ2n) is 10.6. The van der Waals surface area contributed by atoms with Gasteiger partial charge in [-0.1, -0.05) is 60.7 Å². The van der Waals surface area contributed by atoms with Gasteiger partial charge in [0.2, 0.25) is 0 Å². The number of benzene rings is 2. The molecule has 6 aromatic rings. The van der Waals surface area contributed by atoms with Crippen molar-refractivity contribution in [1.82, 2.24) is 34.4 Å². The van der Waals surface area contributed by atoms with Crippen LogP contribution < -0.4 is 0 Å². The van der Waals surface area contributed by atoms with Crippen molar-refractivity contribution in [3.05, 3.63) is 114 Å². The number of aromatic nitrogens is 6. The van der Waals surface area contributed by atoms with Crippen molar-refractivity contribution in [2.24, 2.45) is 0 Å². The molecule has 0 bridgehead atoms. The number of fused-ring (bicyclic) bond motifs is 1. The first kappa shape index (κ1) is 24.4. The second-order valence-corrected chi connectivity index (χ2v) is 10.6. The van der Waals surface area contributed by atoms with Gasteiger partial charge in [-0.2, -0.15) is 5.10 Å². The standard InChI is InChI=1S/C33H31N7/c1-23-14-20-40-29(21-23)35-30(31(40)26-7-3-2-4-8-26)25-12-10-24(11-13-25)22-39-18-15-27(16-19-39)32-36-33(38-37-32)28-9-5-6-17-34-28/h2-14,17,20-21,27H,15-16,18-19,22H2,1H3,(H,36,37,38). The summed E-state index contributed by atoms with van der Waals surface area (Å²) in [6.45, 7) is 5.13. The molecule has 0 atom stereocenters. The Morgan fingerprint density at radius 1 is 0.850 bits per heavy atom. The third-order valence-corrected chi connectivity index (χ3v) is 7.83. The minimum atomic E-state index is 0.402. The van der Waals surface area contributed by atoms with Crippen molar-refractivity contribution in [3.8, 4) is 34.0 Å². The molecule has 1 saturated heterocycles. The maximum absolute atomic E-state index is 5.06. The molecule has 198 valence electrons. The Balaban J connectivity index is 1.05. The number of hydrogen-bond acceptors (Lipinski definition) is 5. The summed E-state index contributed by atoms with van der Waals surface area (Å²) in [7, 11) is 0. The van der Waals surface area contributed by atoms with Crippen molar-refractivity contribution in [3.63, 3.8) is 0 Å². The van der Waals surface area contributed by atoms with E-state index in [9.17, 15) is 0 Å². The molecular formula is C33H31N7. The van der Waals surface area contributed by atoms with Gasteiger partial charge in [-0.05, 0) is 68.2 Å². The van der Waals surface area contributed by atoms with Gasteiger partial charge in [-0.15, -0.1) is 0 Å². The van der Waals surface area contributed by atoms with Crippen LogP contribution in [0.1, 0.15) is 35.7 Å². The molecule has 0 amide bonds. The van der Waals surface area contributed by atoms with Crippen LogP contribution in [0.5, 0.6) is 0 Å². The van der Waals surface area contributed by atoms with Crippen LogP contribution in [-0.4, -0.2) is 47.5 Å². The fourth-order valence-corrected chi connectivity index (χ4v) is 5.68. The first-order chi connectivity index (χ1) is 19.7. The van der Waals surface area contributed by atoms with E-state index >= 15 is 0 Å². The molecule has 0 saturated carbocycles. The summed E-state index contributed by atoms with van der Waals surface area (Å²) in [6.07, 6.45) is 6.03. The molecule has 7 nitrogen and oxygen atoms in total. The maximum Gasteiger partial charge on any atom is 0.199 e. The average molecular weight is 526 g/mol. The number of hydrogen-bond donors (Lipinski definition) is 1. The highest BCUT2D eigenvalue weighted by atomic mass is 15.2. The fraction of sp³-hybridized carbons (Fsp3) is 0.212. The largest absolute Gasteiger partial charge is 0.299 e. The van der Waals surface area contributed by atoms with Gasteiger partial charge < -0.3 is 0 Å². The van der Waals surface area contributed by atoms with Crippen LogP contribution in [-0.2, 0) is 6.54 Å². The van der Waals surface area contributed by atoms with Crippen LogP contribution in [0.2, 0.25) is 0 Å². The molecule has 5 heterocycles. The van der Waals surface area contributed by atoms with Crippen LogP contribution in [0.3, 0.4) is 0 Å². The zero-order valence-corrected chi connectivity index (χ0v) is 22.5. The molecule has 0 spiro atoms. The van der Waals surface area contributed by atoms with Crippen LogP contribution >= 0.6 is 0 Å². The summed E-state index contributed by atoms with van der Waals surface area (Å²) in [5.74, 6) is 2.05. The predicted octanol–water partition coefficient (Wildman–Crippen LogP) is 6.54. The van der Waals surface area contributed by atoms with Gasteiger partial charge in [0.15, 0.2) is 5.82 Å². The molecule has 1 aliphatic rings. The van der Waals surface area contributed by atoms with E-state index in [0.717, 1.165) is 66.6 Å². The first-order valence-corrected chi connectivity index (χ1v) is 13.9. The van der Waals surface area contributed by atoms with Gasteiger partial charge in [0.1, 0.15) is 17.2 Å². The summed E-state index contributed by atoms with van der Waals surface area (Å²) < 4.78 is 2.20. The number of H-pyrrole nitrogens is 1. The van der Waals surface area contributed by atoms with Gasteiger partial charge in [-0.25, -0.2) is 9.97 Å². The number of aryl methyl sites for hydroxylation is 1. The maximum atomic E-state index is 5.06. The summed E-state index contributed by atoms with van der Waals surface area (Å²) in [5, 5.41) is 7.57. The highest BCUT2D eigenvalue weighted by Crippen LogP contribution is 2.33. The Morgan fingerprint density at radius 2 is 1.65 bits per heavy atom. The number of pyridine rings is 2. The van der Waals surface area contributed by atoms with E-state index in [1.165, 1.54) is 16.7 Å². The summed E-state index contributed by atoms with van der Waals surface area (Å²) >= 11 is 0. The third kappa shape index (κ3) is 4.80. The van der Waals surface area contributed by atoms with Crippen LogP contribution in [0.25, 0.3) is 39.7 Å². The Labute approximate surface area is 233 Å². The quantitative estimate of drug-likeness (QED) is 0.267. The van der Waals surface area contributed by atoms with Crippen molar-refractivity contribution in [2.75, 3.05) is 13.1 Å². The third-order valence-electron chi connectivity index (χ3n) is 7.83. The highest BCUT2D eigenvalue weighted by molar-refractivity contribution is 5.82. The van der Waals surface area contributed by atoms with Crippen molar-refractivity contribution in [2.45, 2.75) is 32.2 Å². The molecule has 1 aliphatic heterocycles. The second kappa shape index (κ2) is 10.5. The Hall–Kier alpha value is -4.62. The predicted molar refractivity (Wildman–Crippen MR) is 158 cm³/mol. The zero-order chi connectivity index (χ0) is 26.9. The SMILES string of the molecule is Cc1ccn2c(-c3ccccc3)c(-c3ccc(CN4CCC(c5nc(-c6ccccn6)n[nH]5)CC4)cc3)nc2c1. The lowest BCUT2D eigenvalue weighted by atomic mass is 9.95. The van der Waals surface area contributed by atoms with E-state index in [1.54, 1.807) is 6.20 Å². The molecule has 4 aromatic heterocycles. The lowest BCUT2D eigenvalue weighted by molar-refractivity contribution is 0.202. The van der Waals surface area contributed by atoms with E-state index < -0.39 is 0 Å². The lowest BCUT2D eigenvalue weighted by Crippen LogP contribution is -2.32. The Kier molecular flexibility index (Phi) is 6.42. The normalized spacial score (nSPS) is 14.6. The van der Waals surface area contributed by atoms with E-state index in [4.69, 9.17) is 9.97 Å². The number of likely N-dealkylation sites (tertiary alicyclic amines) is 1. The molecule has 7 heteroatoms. The smallest absolute Gasteiger partial charge is 0.199 e. The summed E-state index contributed by atoms with van der Waals surface area (Å²) in [6, 6.07) is 29.6. The van der Waals surface area contributed by atoms with Crippen molar-refractivity contribution >= 4 is 5.65 Å². The van der Waals surface area contributed by atoms with Gasteiger partial charge in [0, 0.05) is 36.0 Å². The fourth-order valence-electron chi connectivity index (χ4n) is 5.68. The molecule has 0 aliphatic carbocycles. The van der Waals surface area contributed by atoms with E-state index in [0.29, 0.717) is 11.7 Å². The van der Waals surface area contributed by atoms with Crippen molar-refractivity contribution < 1.29 is 0 Å². The highest BCUT2D eigenvalue weighted by Gasteiger charge is 2.24. The first-order valence-electron chi connectivity index (χ1n) is 13.9. The van der Waals surface area contributed by atoms with Gasteiger partial charge in [0.25, 0.3) is 0 Å². The van der Waals surface area contributed by atoms with Gasteiger partial charge in [-0.3, -0.25) is 19.4 Å². The minimum Gasteiger partial charge on any atom is -0.299 e.